The predicted molar refractivity (Wildman–Crippen MR) is 119 cm³/mol. The minimum Gasteiger partial charge on any atom is -0.870 e. The molecule has 65 heavy (non-hydrogen) atoms. The van der Waals surface area contributed by atoms with Crippen molar-refractivity contribution in [3.05, 3.63) is 0 Å². The van der Waals surface area contributed by atoms with Crippen molar-refractivity contribution in [2.24, 2.45) is 0 Å². The van der Waals surface area contributed by atoms with E-state index in [4.69, 9.17) is 150 Å². The molecule has 0 saturated carbocycles. The summed E-state index contributed by atoms with van der Waals surface area (Å²) in [6, 6.07) is 0. The van der Waals surface area contributed by atoms with Crippen LogP contribution in [-0.2, 0) is 0 Å². The molecule has 0 aromatic carbocycles. The van der Waals surface area contributed by atoms with Crippen LogP contribution < -0.4 is 102 Å². The summed E-state index contributed by atoms with van der Waals surface area (Å²) in [6.45, 7) is 0. The Morgan fingerprint density at radius 3 is 0.185 bits per heavy atom. The van der Waals surface area contributed by atoms with Gasteiger partial charge in [0.2, 0.25) is 0 Å². The maximum Gasteiger partial charge on any atom is 3.00 e. The van der Waals surface area contributed by atoms with Crippen LogP contribution in [0.25, 0.3) is 0 Å². The molecule has 0 aromatic heterocycles. The van der Waals surface area contributed by atoms with Crippen LogP contribution in [0, 0.1) is 248 Å². The van der Waals surface area contributed by atoms with Crippen LogP contribution in [0.4, 0.5) is 47.9 Å². The van der Waals surface area contributed by atoms with Crippen LogP contribution in [0.5, 0.6) is 0 Å². The molecule has 0 heterocycles. The molecule has 0 spiro atoms. The molecule has 55 heteroatoms. The third kappa shape index (κ3) is 4910. The van der Waals surface area contributed by atoms with Gasteiger partial charge in [-0.25, -0.2) is 0 Å². The van der Waals surface area contributed by atoms with Crippen molar-refractivity contribution in [1.29, 1.82) is 0 Å². The van der Waals surface area contributed by atoms with E-state index in [1.54, 1.807) is 0 Å². The molecule has 0 aliphatic rings. The van der Waals surface area contributed by atoms with Crippen molar-refractivity contribution < 1.29 is 469 Å². The molecule has 6 radical (unpaired) electrons. The summed E-state index contributed by atoms with van der Waals surface area (Å²) in [5, 5.41) is 167. The molecular weight excluding hydrogens is 2040 g/mol. The largest absolute Gasteiger partial charge is 3.00 e. The van der Waals surface area contributed by atoms with E-state index < -0.39 is 61.6 Å². The van der Waals surface area contributed by atoms with E-state index in [1.165, 1.54) is 0 Å². The van der Waals surface area contributed by atoms with E-state index in [2.05, 4.69) is 0 Å². The molecule has 0 fully saturated rings. The third-order valence-corrected chi connectivity index (χ3v) is 0. The molecule has 0 aliphatic heterocycles. The average molecular weight is 2060 g/mol. The normalized spacial score (nSPS) is 3.69. The molecule has 0 saturated heterocycles. The van der Waals surface area contributed by atoms with Gasteiger partial charge in [-0.05, 0) is 61.6 Å². The molecular formula is C10H16Ca3Ce3Nd3O43Sr3. The van der Waals surface area contributed by atoms with Gasteiger partial charge in [0, 0.05) is 0 Å². The van der Waals surface area contributed by atoms with E-state index in [9.17, 15) is 0 Å². The molecule has 43 nitrogen and oxygen atoms in total. The van der Waals surface area contributed by atoms with Crippen molar-refractivity contribution in [1.82, 2.24) is 0 Å². The number of carbonyl (C=O) groups excluding carboxylic acids is 10. The van der Waals surface area contributed by atoms with Crippen LogP contribution in [0.2, 0.25) is 0 Å². The average Bonchev–Trinajstić information content (AvgIpc) is 2.47. The second-order valence-electron chi connectivity index (χ2n) is 2.50. The van der Waals surface area contributed by atoms with Crippen molar-refractivity contribution in [3.63, 3.8) is 0 Å². The third-order valence-electron chi connectivity index (χ3n) is 0. The van der Waals surface area contributed by atoms with Crippen LogP contribution >= 0.6 is 0 Å². The Balaban J connectivity index is -0.00000000447. The number of rotatable bonds is 0. The Kier molecular flexibility index (Phi) is 1000. The Labute approximate surface area is 759 Å². The molecule has 0 aliphatic carbocycles. The van der Waals surface area contributed by atoms with Gasteiger partial charge in [-0.2, -0.15) is 0 Å². The maximum absolute atomic E-state index is 8.33. The molecule has 0 unspecified atom stereocenters. The van der Waals surface area contributed by atoms with Crippen molar-refractivity contribution in [2.75, 3.05) is 0 Å². The summed E-state index contributed by atoms with van der Waals surface area (Å²) in [5.41, 5.74) is 0. The number of carbonyl (C=O) groups is 10. The maximum atomic E-state index is 8.33. The van der Waals surface area contributed by atoms with Gasteiger partial charge in [0.25, 0.3) is 0 Å². The SMILES string of the molecule is O.O.O.O=C([O-])[O-].O=C([O-])[O-].O=C([O-])[O-].O=C([O-])[O-].O=C([O-])[O-].O=C([O-])[O-].O=C([O-])[O-].O=C([O-])[O-].O=C([O-])[O-].O=C([O-])[O-].[Ca+2].[Ca+2].[Ca+2].[Ce+3].[Ce+3].[Ce+3].[Nd+3].[Nd+3].[Nd+3].[OH-].[OH-].[OH-].[OH-].[OH-].[OH-].[OH-].[OH-].[OH-].[OH-].[Sr+2].[Sr+2].[Sr+2]. The Hall–Kier alpha value is 8.58. The first-order valence-electron chi connectivity index (χ1n) is 6.12. The minimum atomic E-state index is -2.33. The molecule has 350 valence electrons. The van der Waals surface area contributed by atoms with Gasteiger partial charge in [0.1, 0.15) is 0 Å². The summed E-state index contributed by atoms with van der Waals surface area (Å²) in [7, 11) is 0. The monoisotopic (exact) mass is 2050 g/mol. The summed E-state index contributed by atoms with van der Waals surface area (Å²) in [4.78, 5) is 83.3. The van der Waals surface area contributed by atoms with Crippen LogP contribution in [0.1, 0.15) is 0 Å². The first kappa shape index (κ1) is 260. The number of hydrogen-bond acceptors (Lipinski definition) is 40. The van der Waals surface area contributed by atoms with Crippen LogP contribution in [-0.4, -0.2) is 382 Å². The first-order valence-corrected chi connectivity index (χ1v) is 6.12. The molecule has 0 bridgehead atoms. The fourth-order valence-electron chi connectivity index (χ4n) is 0. The van der Waals surface area contributed by atoms with E-state index >= 15 is 0 Å². The summed E-state index contributed by atoms with van der Waals surface area (Å²) < 4.78 is 0. The van der Waals surface area contributed by atoms with Crippen LogP contribution in [0.3, 0.4) is 0 Å². The van der Waals surface area contributed by atoms with E-state index in [0.717, 1.165) is 0 Å². The zero-order valence-corrected chi connectivity index (χ0v) is 66.6. The van der Waals surface area contributed by atoms with E-state index in [-0.39, 0.29) is 569 Å². The van der Waals surface area contributed by atoms with Gasteiger partial charge in [0.05, 0.1) is 0 Å². The topological polar surface area (TPSA) is 1030 Å². The van der Waals surface area contributed by atoms with Gasteiger partial charge < -0.3 is 221 Å². The van der Waals surface area contributed by atoms with Crippen molar-refractivity contribution >= 4 is 311 Å². The number of hydrogen-bond donors (Lipinski definition) is 0. The number of carboxylic acid groups (broad SMARTS) is 20. The Bertz CT molecular complexity index is 535. The van der Waals surface area contributed by atoms with Gasteiger partial charge in [-0.1, -0.05) is 0 Å². The van der Waals surface area contributed by atoms with Gasteiger partial charge in [-0.15, -0.1) is 0 Å². The fraction of sp³-hybridized carbons (Fsp3) is 0. The quantitative estimate of drug-likeness (QED) is 0.203. The van der Waals surface area contributed by atoms with E-state index in [1.807, 2.05) is 0 Å². The molecule has 0 aromatic rings. The Morgan fingerprint density at radius 1 is 0.185 bits per heavy atom. The summed E-state index contributed by atoms with van der Waals surface area (Å²) in [5.74, 6) is 0. The first-order chi connectivity index (χ1) is 17.3. The molecule has 0 atom stereocenters. The summed E-state index contributed by atoms with van der Waals surface area (Å²) >= 11 is 0. The molecule has 0 amide bonds. The van der Waals surface area contributed by atoms with Crippen molar-refractivity contribution in [2.45, 2.75) is 0 Å². The van der Waals surface area contributed by atoms with Gasteiger partial charge in [-0.3, -0.25) is 0 Å². The minimum absolute atomic E-state index is 0. The van der Waals surface area contributed by atoms with Gasteiger partial charge >= 0.3 is 497 Å². The zero-order chi connectivity index (χ0) is 35.8. The van der Waals surface area contributed by atoms with Crippen molar-refractivity contribution in [3.8, 4) is 0 Å². The second kappa shape index (κ2) is 250. The predicted octanol–water partition coefficient (Wildman–Crippen LogP) is -31.0. The molecule has 0 rings (SSSR count). The zero-order valence-electron chi connectivity index (χ0n) is 30.5. The van der Waals surface area contributed by atoms with Gasteiger partial charge in [0.15, 0.2) is 0 Å². The van der Waals surface area contributed by atoms with Crippen LogP contribution in [0.15, 0.2) is 0 Å². The molecule has 16 N–H and O–H groups in total. The van der Waals surface area contributed by atoms with E-state index in [0.29, 0.717) is 0 Å². The Morgan fingerprint density at radius 2 is 0.185 bits per heavy atom. The standard InChI is InChI=1S/10CH2O3.3Ca.3Ce.3Nd.13H2O.3Sr/c10*2-1(3)4;;;;;;;;;;;;;;;;;;;;;;;;;/h10*(H2,2,3,4);;;;;;;;;;13*1H2;;;/q;;;;;;;;;;3*+2;6*+3;;;;;;;;;;;;;;3*+2/p-30. The second-order valence-corrected chi connectivity index (χ2v) is 2.50. The fourth-order valence-corrected chi connectivity index (χ4v) is 0. The summed E-state index contributed by atoms with van der Waals surface area (Å²) in [6.07, 6.45) is -23.3. The smallest absolute Gasteiger partial charge is 0.870 e.